The van der Waals surface area contributed by atoms with E-state index in [9.17, 15) is 0 Å². The van der Waals surface area contributed by atoms with Crippen LogP contribution < -0.4 is 4.90 Å². The van der Waals surface area contributed by atoms with Crippen molar-refractivity contribution in [2.24, 2.45) is 0 Å². The number of fused-ring (bicyclic) bond motifs is 8. The van der Waals surface area contributed by atoms with Crippen molar-refractivity contribution >= 4 is 52.1 Å². The van der Waals surface area contributed by atoms with Crippen molar-refractivity contribution in [2.75, 3.05) is 19.0 Å². The van der Waals surface area contributed by atoms with Crippen LogP contribution in [0.1, 0.15) is 22.8 Å². The van der Waals surface area contributed by atoms with Gasteiger partial charge >= 0.3 is 0 Å². The standard InChI is InChI=1S/C20H14N4.C7H10N2/c1-2-14-10-16-5-6-18(23-16)12-20-8-7-19(24-20)11-17-4-3-15(22-17)9-13(1)21-14;1-9(2)7-3-5-8-6-4-7/h1-12,21-22H;3-6H,1-2H3. The molecule has 2 N–H and O–H groups in total. The van der Waals surface area contributed by atoms with Gasteiger partial charge in [0.25, 0.3) is 0 Å². The largest absolute Gasteiger partial charge is 0.378 e. The van der Waals surface area contributed by atoms with Crippen molar-refractivity contribution in [2.45, 2.75) is 0 Å². The molecule has 162 valence electrons. The molecule has 0 saturated carbocycles. The van der Waals surface area contributed by atoms with Crippen LogP contribution in [0.2, 0.25) is 0 Å². The Balaban J connectivity index is 0.000000215. The van der Waals surface area contributed by atoms with Crippen LogP contribution in [0.25, 0.3) is 46.4 Å². The zero-order chi connectivity index (χ0) is 22.6. The average Bonchev–Trinajstić information content (AvgIpc) is 3.61. The first-order valence-electron chi connectivity index (χ1n) is 10.7. The summed E-state index contributed by atoms with van der Waals surface area (Å²) in [6.07, 6.45) is 11.6. The Hall–Kier alpha value is -4.45. The molecule has 4 aromatic heterocycles. The molecule has 0 unspecified atom stereocenters. The van der Waals surface area contributed by atoms with Crippen LogP contribution in [0.3, 0.4) is 0 Å². The van der Waals surface area contributed by atoms with Crippen molar-refractivity contribution in [1.29, 1.82) is 0 Å². The second-order valence-electron chi connectivity index (χ2n) is 8.00. The Bertz CT molecular complexity index is 1400. The van der Waals surface area contributed by atoms with E-state index in [1.807, 2.05) is 73.6 Å². The number of aromatic nitrogens is 5. The van der Waals surface area contributed by atoms with Crippen LogP contribution >= 0.6 is 0 Å². The van der Waals surface area contributed by atoms with Gasteiger partial charge in [0.2, 0.25) is 0 Å². The highest BCUT2D eigenvalue weighted by Gasteiger charge is 2.02. The maximum atomic E-state index is 4.62. The summed E-state index contributed by atoms with van der Waals surface area (Å²) in [6.45, 7) is 0. The second kappa shape index (κ2) is 8.96. The molecule has 8 bridgehead atoms. The van der Waals surface area contributed by atoms with Crippen LogP contribution in [-0.4, -0.2) is 39.0 Å². The van der Waals surface area contributed by atoms with E-state index >= 15 is 0 Å². The lowest BCUT2D eigenvalue weighted by atomic mass is 10.3. The summed E-state index contributed by atoms with van der Waals surface area (Å²) >= 11 is 0. The summed E-state index contributed by atoms with van der Waals surface area (Å²) in [6, 6.07) is 20.3. The fraction of sp³-hybridized carbons (Fsp3) is 0.0741. The fourth-order valence-corrected chi connectivity index (χ4v) is 3.59. The monoisotopic (exact) mass is 432 g/mol. The molecule has 2 aliphatic rings. The van der Waals surface area contributed by atoms with E-state index in [2.05, 4.69) is 55.3 Å². The smallest absolute Gasteiger partial charge is 0.0659 e. The number of hydrogen-bond acceptors (Lipinski definition) is 4. The first kappa shape index (κ1) is 20.5. The summed E-state index contributed by atoms with van der Waals surface area (Å²) in [5.41, 5.74) is 9.05. The Kier molecular flexibility index (Phi) is 5.55. The van der Waals surface area contributed by atoms with Gasteiger partial charge in [-0.1, -0.05) is 0 Å². The topological polar surface area (TPSA) is 73.5 Å². The Morgan fingerprint density at radius 1 is 0.545 bits per heavy atom. The number of pyridine rings is 1. The molecule has 33 heavy (non-hydrogen) atoms. The van der Waals surface area contributed by atoms with Crippen LogP contribution in [0, 0.1) is 0 Å². The third kappa shape index (κ3) is 5.07. The molecule has 0 amide bonds. The van der Waals surface area contributed by atoms with Gasteiger partial charge in [-0.15, -0.1) is 0 Å². The summed E-state index contributed by atoms with van der Waals surface area (Å²) in [5.74, 6) is 0. The van der Waals surface area contributed by atoms with E-state index in [0.29, 0.717) is 0 Å². The number of H-pyrrole nitrogens is 2. The predicted octanol–water partition coefficient (Wildman–Crippen LogP) is 5.80. The number of rotatable bonds is 1. The maximum Gasteiger partial charge on any atom is 0.0659 e. The molecular formula is C27H24N6. The van der Waals surface area contributed by atoms with Gasteiger partial charge in [-0.2, -0.15) is 0 Å². The summed E-state index contributed by atoms with van der Waals surface area (Å²) in [5, 5.41) is 0. The van der Waals surface area contributed by atoms with E-state index in [4.69, 9.17) is 0 Å². The molecule has 0 aromatic carbocycles. The summed E-state index contributed by atoms with van der Waals surface area (Å²) < 4.78 is 0. The van der Waals surface area contributed by atoms with Gasteiger partial charge in [-0.05, 0) is 85.0 Å². The third-order valence-electron chi connectivity index (χ3n) is 5.22. The van der Waals surface area contributed by atoms with Crippen LogP contribution in [0.5, 0.6) is 0 Å². The lowest BCUT2D eigenvalue weighted by molar-refractivity contribution is 1.12. The SMILES string of the molecule is C1=Cc2cc3ccc(cc4ccc(cc5nc(cc1n2)C=C5)[nH]4)[nH]3.CN(C)c1ccncc1. The molecule has 6 heteroatoms. The van der Waals surface area contributed by atoms with Gasteiger partial charge in [-0.25, -0.2) is 9.97 Å². The number of aromatic amines is 2. The van der Waals surface area contributed by atoms with Gasteiger partial charge in [0, 0.05) is 54.2 Å². The van der Waals surface area contributed by atoms with E-state index < -0.39 is 0 Å². The highest BCUT2D eigenvalue weighted by molar-refractivity contribution is 5.77. The molecule has 6 rings (SSSR count). The number of nitrogens with one attached hydrogen (secondary N) is 2. The lowest BCUT2D eigenvalue weighted by Gasteiger charge is -2.10. The molecule has 0 spiro atoms. The molecule has 6 nitrogen and oxygen atoms in total. The maximum absolute atomic E-state index is 4.62. The van der Waals surface area contributed by atoms with Crippen LogP contribution in [0.4, 0.5) is 5.69 Å². The molecule has 0 atom stereocenters. The number of nitrogens with zero attached hydrogens (tertiary/aromatic N) is 4. The fourth-order valence-electron chi connectivity index (χ4n) is 3.59. The van der Waals surface area contributed by atoms with E-state index in [0.717, 1.165) is 44.8 Å². The van der Waals surface area contributed by atoms with E-state index in [-0.39, 0.29) is 0 Å². The molecular weight excluding hydrogens is 408 g/mol. The second-order valence-corrected chi connectivity index (χ2v) is 8.00. The normalized spacial score (nSPS) is 11.7. The summed E-state index contributed by atoms with van der Waals surface area (Å²) in [7, 11) is 4.02. The first-order chi connectivity index (χ1) is 16.1. The van der Waals surface area contributed by atoms with Gasteiger partial charge < -0.3 is 14.9 Å². The van der Waals surface area contributed by atoms with Crippen LogP contribution in [0.15, 0.2) is 73.1 Å². The number of anilines is 1. The highest BCUT2D eigenvalue weighted by Crippen LogP contribution is 2.17. The van der Waals surface area contributed by atoms with Crippen molar-refractivity contribution in [3.8, 4) is 0 Å². The molecule has 0 radical (unpaired) electrons. The minimum atomic E-state index is 0.915. The van der Waals surface area contributed by atoms with Gasteiger partial charge in [-0.3, -0.25) is 4.98 Å². The first-order valence-corrected chi connectivity index (χ1v) is 10.7. The van der Waals surface area contributed by atoms with Crippen molar-refractivity contribution < 1.29 is 0 Å². The van der Waals surface area contributed by atoms with Crippen molar-refractivity contribution in [3.05, 3.63) is 95.8 Å². The minimum absolute atomic E-state index is 0.915. The molecule has 2 aliphatic heterocycles. The zero-order valence-corrected chi connectivity index (χ0v) is 18.5. The van der Waals surface area contributed by atoms with E-state index in [1.54, 1.807) is 12.4 Å². The Morgan fingerprint density at radius 3 is 1.39 bits per heavy atom. The number of hydrogen-bond donors (Lipinski definition) is 2. The van der Waals surface area contributed by atoms with E-state index in [1.165, 1.54) is 5.69 Å². The molecule has 4 aromatic rings. The highest BCUT2D eigenvalue weighted by atomic mass is 15.1. The average molecular weight is 433 g/mol. The molecule has 0 saturated heterocycles. The lowest BCUT2D eigenvalue weighted by Crippen LogP contribution is -2.07. The quantitative estimate of drug-likeness (QED) is 0.344. The third-order valence-corrected chi connectivity index (χ3v) is 5.22. The predicted molar refractivity (Wildman–Crippen MR) is 137 cm³/mol. The van der Waals surface area contributed by atoms with Gasteiger partial charge in [0.1, 0.15) is 0 Å². The van der Waals surface area contributed by atoms with Crippen molar-refractivity contribution in [3.63, 3.8) is 0 Å². The van der Waals surface area contributed by atoms with Crippen molar-refractivity contribution in [1.82, 2.24) is 24.9 Å². The van der Waals surface area contributed by atoms with Gasteiger partial charge in [0.15, 0.2) is 0 Å². The zero-order valence-electron chi connectivity index (χ0n) is 18.5. The molecule has 0 fully saturated rings. The Morgan fingerprint density at radius 2 is 0.970 bits per heavy atom. The molecule has 6 heterocycles. The molecule has 0 aliphatic carbocycles. The summed E-state index contributed by atoms with van der Waals surface area (Å²) in [4.78, 5) is 22.0. The minimum Gasteiger partial charge on any atom is -0.378 e. The Labute approximate surface area is 192 Å². The van der Waals surface area contributed by atoms with Gasteiger partial charge in [0.05, 0.1) is 22.8 Å². The van der Waals surface area contributed by atoms with Crippen LogP contribution in [-0.2, 0) is 0 Å².